The molecule has 0 radical (unpaired) electrons. The van der Waals surface area contributed by atoms with E-state index in [0.29, 0.717) is 5.56 Å². The highest BCUT2D eigenvalue weighted by atomic mass is 16.1. The largest absolute Gasteiger partial charge is 0.322 e. The van der Waals surface area contributed by atoms with Crippen LogP contribution >= 0.6 is 0 Å². The summed E-state index contributed by atoms with van der Waals surface area (Å²) in [6, 6.07) is 8.17. The first-order chi connectivity index (χ1) is 11.7. The molecule has 5 heteroatoms. The maximum atomic E-state index is 12.4. The fraction of sp³-hybridized carbons (Fsp3) is 0.474. The molecule has 1 aromatic heterocycles. The van der Waals surface area contributed by atoms with Crippen molar-refractivity contribution < 1.29 is 4.79 Å². The van der Waals surface area contributed by atoms with Gasteiger partial charge in [-0.05, 0) is 57.5 Å². The van der Waals surface area contributed by atoms with Crippen LogP contribution in [0.2, 0.25) is 0 Å². The summed E-state index contributed by atoms with van der Waals surface area (Å²) in [6.45, 7) is 8.09. The molecule has 2 aromatic rings. The van der Waals surface area contributed by atoms with Crippen LogP contribution in [0.25, 0.3) is 0 Å². The van der Waals surface area contributed by atoms with E-state index in [9.17, 15) is 4.79 Å². The van der Waals surface area contributed by atoms with E-state index in [0.717, 1.165) is 24.5 Å². The first-order valence-electron chi connectivity index (χ1n) is 8.82. The molecule has 1 aliphatic heterocycles. The molecule has 1 N–H and O–H groups in total. The Hall–Kier alpha value is -2.14. The topological polar surface area (TPSA) is 50.2 Å². The van der Waals surface area contributed by atoms with Gasteiger partial charge in [0.1, 0.15) is 0 Å². The molecule has 0 aliphatic carbocycles. The van der Waals surface area contributed by atoms with Crippen molar-refractivity contribution in [2.24, 2.45) is 0 Å². The third-order valence-corrected chi connectivity index (χ3v) is 4.71. The predicted molar refractivity (Wildman–Crippen MR) is 96.2 cm³/mol. The van der Waals surface area contributed by atoms with Crippen LogP contribution in [0.15, 0.2) is 30.5 Å². The standard InChI is InChI=1S/C19H26N4O/c1-3-23-15(2)18(13-20-23)19(24)21-17-9-7-16(8-10-17)14-22-11-5-4-6-12-22/h7-10,13H,3-6,11-12,14H2,1-2H3,(H,21,24). The molecule has 1 amide bonds. The number of anilines is 1. The Morgan fingerprint density at radius 2 is 1.88 bits per heavy atom. The van der Waals surface area contributed by atoms with E-state index in [1.165, 1.54) is 37.9 Å². The fourth-order valence-electron chi connectivity index (χ4n) is 3.26. The Kier molecular flexibility index (Phi) is 5.30. The molecule has 0 atom stereocenters. The Morgan fingerprint density at radius 1 is 1.17 bits per heavy atom. The number of hydrogen-bond donors (Lipinski definition) is 1. The molecular formula is C19H26N4O. The van der Waals surface area contributed by atoms with Crippen molar-refractivity contribution in [3.05, 3.63) is 47.3 Å². The van der Waals surface area contributed by atoms with E-state index in [-0.39, 0.29) is 5.91 Å². The second-order valence-corrected chi connectivity index (χ2v) is 6.45. The van der Waals surface area contributed by atoms with Gasteiger partial charge in [-0.3, -0.25) is 14.4 Å². The van der Waals surface area contributed by atoms with E-state index in [2.05, 4.69) is 27.4 Å². The van der Waals surface area contributed by atoms with Gasteiger partial charge in [0.15, 0.2) is 0 Å². The van der Waals surface area contributed by atoms with Crippen LogP contribution in [-0.4, -0.2) is 33.7 Å². The lowest BCUT2D eigenvalue weighted by atomic mass is 10.1. The molecule has 0 bridgehead atoms. The molecule has 128 valence electrons. The van der Waals surface area contributed by atoms with Gasteiger partial charge in [-0.25, -0.2) is 0 Å². The van der Waals surface area contributed by atoms with Crippen molar-refractivity contribution in [2.45, 2.75) is 46.2 Å². The van der Waals surface area contributed by atoms with E-state index in [4.69, 9.17) is 0 Å². The minimum Gasteiger partial charge on any atom is -0.322 e. The lowest BCUT2D eigenvalue weighted by molar-refractivity contribution is 0.102. The molecule has 24 heavy (non-hydrogen) atoms. The number of carbonyl (C=O) groups is 1. The molecule has 1 aliphatic rings. The molecule has 0 unspecified atom stereocenters. The van der Waals surface area contributed by atoms with Gasteiger partial charge in [0.2, 0.25) is 0 Å². The minimum atomic E-state index is -0.101. The molecule has 0 saturated carbocycles. The van der Waals surface area contributed by atoms with Crippen molar-refractivity contribution in [3.63, 3.8) is 0 Å². The predicted octanol–water partition coefficient (Wildman–Crippen LogP) is 3.45. The number of aromatic nitrogens is 2. The molecule has 0 spiro atoms. The second-order valence-electron chi connectivity index (χ2n) is 6.45. The van der Waals surface area contributed by atoms with Crippen molar-refractivity contribution in [1.29, 1.82) is 0 Å². The van der Waals surface area contributed by atoms with Crippen molar-refractivity contribution in [3.8, 4) is 0 Å². The van der Waals surface area contributed by atoms with Gasteiger partial charge >= 0.3 is 0 Å². The van der Waals surface area contributed by atoms with E-state index in [1.807, 2.05) is 30.7 Å². The van der Waals surface area contributed by atoms with Crippen LogP contribution in [0.1, 0.15) is 47.8 Å². The summed E-state index contributed by atoms with van der Waals surface area (Å²) in [6.07, 6.45) is 5.60. The average Bonchev–Trinajstić information content (AvgIpc) is 2.98. The number of piperidine rings is 1. The van der Waals surface area contributed by atoms with Gasteiger partial charge in [-0.2, -0.15) is 5.10 Å². The van der Waals surface area contributed by atoms with E-state index in [1.54, 1.807) is 6.20 Å². The highest BCUT2D eigenvalue weighted by Crippen LogP contribution is 2.16. The van der Waals surface area contributed by atoms with E-state index < -0.39 is 0 Å². The third kappa shape index (κ3) is 3.85. The highest BCUT2D eigenvalue weighted by Gasteiger charge is 2.14. The zero-order chi connectivity index (χ0) is 16.9. The molecular weight excluding hydrogens is 300 g/mol. The Morgan fingerprint density at radius 3 is 2.50 bits per heavy atom. The van der Waals surface area contributed by atoms with Crippen LogP contribution in [0.4, 0.5) is 5.69 Å². The molecule has 1 aromatic carbocycles. The molecule has 2 heterocycles. The SMILES string of the molecule is CCn1ncc(C(=O)Nc2ccc(CN3CCCCC3)cc2)c1C. The molecule has 5 nitrogen and oxygen atoms in total. The average molecular weight is 326 g/mol. The maximum absolute atomic E-state index is 12.4. The summed E-state index contributed by atoms with van der Waals surface area (Å²) in [5, 5.41) is 7.19. The monoisotopic (exact) mass is 326 g/mol. The summed E-state index contributed by atoms with van der Waals surface area (Å²) in [5.41, 5.74) is 3.65. The van der Waals surface area contributed by atoms with Crippen molar-refractivity contribution in [2.75, 3.05) is 18.4 Å². The van der Waals surface area contributed by atoms with Gasteiger partial charge in [0.05, 0.1) is 11.8 Å². The zero-order valence-electron chi connectivity index (χ0n) is 14.6. The lowest BCUT2D eigenvalue weighted by Gasteiger charge is -2.26. The fourth-order valence-corrected chi connectivity index (χ4v) is 3.26. The number of likely N-dealkylation sites (tertiary alicyclic amines) is 1. The number of nitrogens with one attached hydrogen (secondary N) is 1. The van der Waals surface area contributed by atoms with Crippen molar-refractivity contribution in [1.82, 2.24) is 14.7 Å². The molecule has 1 fully saturated rings. The lowest BCUT2D eigenvalue weighted by Crippen LogP contribution is -2.29. The van der Waals surface area contributed by atoms with Crippen LogP contribution < -0.4 is 5.32 Å². The van der Waals surface area contributed by atoms with Gasteiger partial charge in [0.25, 0.3) is 5.91 Å². The summed E-state index contributed by atoms with van der Waals surface area (Å²) in [4.78, 5) is 14.9. The zero-order valence-corrected chi connectivity index (χ0v) is 14.6. The van der Waals surface area contributed by atoms with Gasteiger partial charge in [-0.1, -0.05) is 18.6 Å². The second kappa shape index (κ2) is 7.62. The third-order valence-electron chi connectivity index (χ3n) is 4.71. The summed E-state index contributed by atoms with van der Waals surface area (Å²) in [5.74, 6) is -0.101. The summed E-state index contributed by atoms with van der Waals surface area (Å²) in [7, 11) is 0. The summed E-state index contributed by atoms with van der Waals surface area (Å²) < 4.78 is 1.83. The summed E-state index contributed by atoms with van der Waals surface area (Å²) >= 11 is 0. The molecule has 1 saturated heterocycles. The Bertz CT molecular complexity index is 684. The van der Waals surface area contributed by atoms with Crippen LogP contribution in [0.3, 0.4) is 0 Å². The maximum Gasteiger partial charge on any atom is 0.259 e. The number of benzene rings is 1. The van der Waals surface area contributed by atoms with E-state index >= 15 is 0 Å². The van der Waals surface area contributed by atoms with Crippen LogP contribution in [-0.2, 0) is 13.1 Å². The molecule has 3 rings (SSSR count). The number of amides is 1. The number of nitrogens with zero attached hydrogens (tertiary/aromatic N) is 3. The smallest absolute Gasteiger partial charge is 0.259 e. The quantitative estimate of drug-likeness (QED) is 0.915. The first-order valence-corrected chi connectivity index (χ1v) is 8.82. The van der Waals surface area contributed by atoms with Gasteiger partial charge in [0, 0.05) is 24.5 Å². The minimum absolute atomic E-state index is 0.101. The Labute approximate surface area is 143 Å². The van der Waals surface area contributed by atoms with Gasteiger partial charge < -0.3 is 5.32 Å². The normalized spacial score (nSPS) is 15.4. The Balaban J connectivity index is 1.61. The number of hydrogen-bond acceptors (Lipinski definition) is 3. The van der Waals surface area contributed by atoms with Gasteiger partial charge in [-0.15, -0.1) is 0 Å². The number of carbonyl (C=O) groups excluding carboxylic acids is 1. The highest BCUT2D eigenvalue weighted by molar-refractivity contribution is 6.04. The number of rotatable bonds is 5. The van der Waals surface area contributed by atoms with Crippen LogP contribution in [0, 0.1) is 6.92 Å². The number of aryl methyl sites for hydroxylation is 1. The first kappa shape index (κ1) is 16.7. The van der Waals surface area contributed by atoms with Crippen molar-refractivity contribution >= 4 is 11.6 Å². The van der Waals surface area contributed by atoms with Crippen LogP contribution in [0.5, 0.6) is 0 Å².